The number of amides is 2. The van der Waals surface area contributed by atoms with Gasteiger partial charge in [0, 0.05) is 17.7 Å². The second-order valence-corrected chi connectivity index (χ2v) is 10.3. The van der Waals surface area contributed by atoms with Crippen LogP contribution in [-0.2, 0) is 15.8 Å². The lowest BCUT2D eigenvalue weighted by Crippen LogP contribution is -2.51. The van der Waals surface area contributed by atoms with Gasteiger partial charge < -0.3 is 15.3 Å². The first-order chi connectivity index (χ1) is 18.4. The van der Waals surface area contributed by atoms with Crippen molar-refractivity contribution in [3.63, 3.8) is 0 Å². The Labute approximate surface area is 232 Å². The van der Waals surface area contributed by atoms with Crippen LogP contribution in [0.4, 0.5) is 13.2 Å². The van der Waals surface area contributed by atoms with E-state index in [1.807, 2.05) is 6.92 Å². The van der Waals surface area contributed by atoms with Gasteiger partial charge in [-0.25, -0.2) is 0 Å². The number of hydrogen-bond acceptors (Lipinski definition) is 4. The van der Waals surface area contributed by atoms with E-state index in [4.69, 9.17) is 10.1 Å². The number of aliphatic imine (C=N–C) groups is 1. The Morgan fingerprint density at radius 1 is 1.15 bits per heavy atom. The molecule has 0 radical (unpaired) electrons. The zero-order chi connectivity index (χ0) is 28.4. The lowest BCUT2D eigenvalue weighted by atomic mass is 9.80. The molecule has 1 aliphatic carbocycles. The molecule has 1 saturated carbocycles. The first-order valence-corrected chi connectivity index (χ1v) is 13.2. The number of carbonyl (C=O) groups excluding carboxylic acids is 2. The quantitative estimate of drug-likeness (QED) is 0.400. The largest absolute Gasteiger partial charge is 0.481 e. The fourth-order valence-corrected chi connectivity index (χ4v) is 5.67. The minimum Gasteiger partial charge on any atom is -0.481 e. The number of hydrogen-bond donors (Lipinski definition) is 2. The van der Waals surface area contributed by atoms with Crippen LogP contribution >= 0.6 is 0 Å². The van der Waals surface area contributed by atoms with Crippen LogP contribution in [0.2, 0.25) is 0 Å². The highest BCUT2D eigenvalue weighted by molar-refractivity contribution is 6.46. The zero-order valence-electron chi connectivity index (χ0n) is 21.9. The Balaban J connectivity index is 0.00000441. The van der Waals surface area contributed by atoms with Gasteiger partial charge in [0.2, 0.25) is 0 Å². The number of carbonyl (C=O) groups is 3. The third-order valence-corrected chi connectivity index (χ3v) is 7.51. The number of halogens is 3. The molecule has 1 fully saturated rings. The molecule has 216 valence electrons. The molecule has 2 N–H and O–H groups in total. The molecule has 3 atom stereocenters. The highest BCUT2D eigenvalue weighted by Gasteiger charge is 2.51. The smallest absolute Gasteiger partial charge is 0.416 e. The van der Waals surface area contributed by atoms with Crippen molar-refractivity contribution in [3.05, 3.63) is 70.8 Å². The molecule has 0 bridgehead atoms. The number of nitrogens with one attached hydrogen (secondary N) is 1. The molecule has 1 spiro atoms. The van der Waals surface area contributed by atoms with E-state index in [0.29, 0.717) is 36.3 Å². The fraction of sp³-hybridized carbons (Fsp3) is 0.467. The van der Waals surface area contributed by atoms with Gasteiger partial charge in [-0.2, -0.15) is 13.2 Å². The third kappa shape index (κ3) is 6.37. The van der Waals surface area contributed by atoms with Crippen molar-refractivity contribution in [2.75, 3.05) is 6.54 Å². The number of aliphatic carboxylic acids is 1. The van der Waals surface area contributed by atoms with E-state index >= 15 is 0 Å². The maximum atomic E-state index is 14.0. The maximum absolute atomic E-state index is 14.0. The van der Waals surface area contributed by atoms with Crippen molar-refractivity contribution < 1.29 is 32.7 Å². The number of rotatable bonds is 8. The van der Waals surface area contributed by atoms with Crippen LogP contribution < -0.4 is 5.32 Å². The maximum Gasteiger partial charge on any atom is 0.416 e. The van der Waals surface area contributed by atoms with Crippen molar-refractivity contribution >= 4 is 23.5 Å². The summed E-state index contributed by atoms with van der Waals surface area (Å²) in [6, 6.07) is 11.0. The topological polar surface area (TPSA) is 99.1 Å². The van der Waals surface area contributed by atoms with Crippen molar-refractivity contribution in [1.29, 1.82) is 0 Å². The highest BCUT2D eigenvalue weighted by Crippen LogP contribution is 2.46. The zero-order valence-corrected chi connectivity index (χ0v) is 21.9. The molecule has 1 heterocycles. The second-order valence-electron chi connectivity index (χ2n) is 10.3. The van der Waals surface area contributed by atoms with E-state index < -0.39 is 29.3 Å². The number of benzene rings is 2. The Bertz CT molecular complexity index is 1260. The highest BCUT2D eigenvalue weighted by atomic mass is 19.4. The summed E-state index contributed by atoms with van der Waals surface area (Å²) >= 11 is 0. The van der Waals surface area contributed by atoms with Crippen LogP contribution in [-0.4, -0.2) is 45.7 Å². The molecule has 2 unspecified atom stereocenters. The summed E-state index contributed by atoms with van der Waals surface area (Å²) < 4.78 is 39.4. The first-order valence-electron chi connectivity index (χ1n) is 13.2. The Morgan fingerprint density at radius 2 is 1.80 bits per heavy atom. The molecule has 40 heavy (non-hydrogen) atoms. The van der Waals surface area contributed by atoms with E-state index in [-0.39, 0.29) is 38.1 Å². The molecule has 4 rings (SSSR count). The number of carboxylic acid groups (broad SMARTS) is 1. The lowest BCUT2D eigenvalue weighted by Gasteiger charge is -2.45. The summed E-state index contributed by atoms with van der Waals surface area (Å²) in [5, 5.41) is 11.3. The normalized spacial score (nSPS) is 21.5. The molecular weight excluding hydrogens is 523 g/mol. The second kappa shape index (κ2) is 12.2. The molecule has 0 saturated heterocycles. The van der Waals surface area contributed by atoms with Gasteiger partial charge in [0.15, 0.2) is 0 Å². The van der Waals surface area contributed by atoms with E-state index in [1.165, 1.54) is 12.1 Å². The van der Waals surface area contributed by atoms with Crippen molar-refractivity contribution in [3.8, 4) is 0 Å². The third-order valence-electron chi connectivity index (χ3n) is 7.51. The Hall–Kier alpha value is -3.69. The molecule has 1 aliphatic heterocycles. The summed E-state index contributed by atoms with van der Waals surface area (Å²) in [6.45, 7) is 4.09. The van der Waals surface area contributed by atoms with E-state index in [0.717, 1.165) is 30.5 Å². The summed E-state index contributed by atoms with van der Waals surface area (Å²) in [6.07, 6.45) is -0.879. The molecule has 10 heteroatoms. The van der Waals surface area contributed by atoms with Gasteiger partial charge in [0.25, 0.3) is 11.8 Å². The minimum atomic E-state index is -4.47. The first kappa shape index (κ1) is 30.8. The average Bonchev–Trinajstić information content (AvgIpc) is 3.15. The van der Waals surface area contributed by atoms with E-state index in [1.54, 1.807) is 29.2 Å². The molecule has 2 aliphatic rings. The summed E-state index contributed by atoms with van der Waals surface area (Å²) in [5.74, 6) is -1.39. The summed E-state index contributed by atoms with van der Waals surface area (Å²) in [4.78, 5) is 43.8. The Morgan fingerprint density at radius 3 is 2.35 bits per heavy atom. The lowest BCUT2D eigenvalue weighted by molar-refractivity contribution is -0.138. The fourth-order valence-electron chi connectivity index (χ4n) is 5.67. The van der Waals surface area contributed by atoms with Crippen molar-refractivity contribution in [1.82, 2.24) is 10.2 Å². The average molecular weight is 560 g/mol. The SMILES string of the molecule is C.CC[C@H](c1ccc(C(=O)NCCC(=O)O)cc1)N1C(=O)C(c2ccc(C(F)(F)F)cc2)=NC12CCCC(C)C2. The molecular formula is C30H36F3N3O4. The van der Waals surface area contributed by atoms with Crippen molar-refractivity contribution in [2.45, 2.75) is 77.7 Å². The molecule has 2 aromatic rings. The minimum absolute atomic E-state index is 0. The van der Waals surface area contributed by atoms with Gasteiger partial charge in [0.1, 0.15) is 11.4 Å². The van der Waals surface area contributed by atoms with Crippen molar-refractivity contribution in [2.24, 2.45) is 10.9 Å². The van der Waals surface area contributed by atoms with Gasteiger partial charge in [0.05, 0.1) is 18.0 Å². The van der Waals surface area contributed by atoms with Gasteiger partial charge in [-0.3, -0.25) is 19.4 Å². The standard InChI is InChI=1S/C29H32F3N3O4.CH4/c1-3-23(19-6-8-21(9-7-19)26(38)33-16-14-24(36)37)35-27(39)25(34-28(35)15-4-5-18(2)17-28)20-10-12-22(13-11-20)29(30,31)32;/h6-13,18,23H,3-5,14-17H2,1-2H3,(H,33,38)(H,36,37);1H4/t18?,23-,28?;/m1./s1. The number of nitrogens with zero attached hydrogens (tertiary/aromatic N) is 2. The molecule has 2 amide bonds. The van der Waals surface area contributed by atoms with Crippen LogP contribution in [0.25, 0.3) is 0 Å². The van der Waals surface area contributed by atoms with Gasteiger partial charge in [-0.15, -0.1) is 0 Å². The van der Waals surface area contributed by atoms with Gasteiger partial charge >= 0.3 is 12.1 Å². The van der Waals surface area contributed by atoms with E-state index in [2.05, 4.69) is 12.2 Å². The molecule has 2 aromatic carbocycles. The van der Waals surface area contributed by atoms with Gasteiger partial charge in [-0.05, 0) is 61.4 Å². The monoisotopic (exact) mass is 559 g/mol. The molecule has 0 aromatic heterocycles. The van der Waals surface area contributed by atoms with Gasteiger partial charge in [-0.1, -0.05) is 52.0 Å². The van der Waals surface area contributed by atoms with Crippen LogP contribution in [0.3, 0.4) is 0 Å². The van der Waals surface area contributed by atoms with Crippen LogP contribution in [0.5, 0.6) is 0 Å². The van der Waals surface area contributed by atoms with E-state index in [9.17, 15) is 27.6 Å². The van der Waals surface area contributed by atoms with Crippen LogP contribution in [0.1, 0.15) is 92.9 Å². The number of carboxylic acids is 1. The predicted octanol–water partition coefficient (Wildman–Crippen LogP) is 6.24. The number of alkyl halides is 3. The van der Waals surface area contributed by atoms with Crippen LogP contribution in [0.15, 0.2) is 53.5 Å². The predicted molar refractivity (Wildman–Crippen MR) is 146 cm³/mol. The summed E-state index contributed by atoms with van der Waals surface area (Å²) in [5.41, 5.74) is 0.139. The molecule has 7 nitrogen and oxygen atoms in total. The Kier molecular flexibility index (Phi) is 9.43. The summed E-state index contributed by atoms with van der Waals surface area (Å²) in [7, 11) is 0. The van der Waals surface area contributed by atoms with Crippen LogP contribution in [0, 0.1) is 5.92 Å².